The Kier molecular flexibility index (Phi) is 6.49. The predicted molar refractivity (Wildman–Crippen MR) is 116 cm³/mol. The number of amides is 3. The van der Waals surface area contributed by atoms with Crippen LogP contribution in [0, 0.1) is 5.92 Å². The lowest BCUT2D eigenvalue weighted by molar-refractivity contribution is -0.138. The molecular formula is C24H24F3N3O4. The molecule has 0 radical (unpaired) electrons. The summed E-state index contributed by atoms with van der Waals surface area (Å²) in [6.07, 6.45) is -4.46. The zero-order valence-corrected chi connectivity index (χ0v) is 18.3. The number of hydrogen-bond acceptors (Lipinski definition) is 4. The minimum atomic E-state index is -4.47. The van der Waals surface area contributed by atoms with Crippen molar-refractivity contribution in [3.05, 3.63) is 65.2 Å². The molecule has 2 saturated heterocycles. The summed E-state index contributed by atoms with van der Waals surface area (Å²) in [6.45, 7) is 1.36. The summed E-state index contributed by atoms with van der Waals surface area (Å²) in [6, 6.07) is 11.1. The molecule has 2 heterocycles. The maximum Gasteiger partial charge on any atom is 0.416 e. The molecule has 180 valence electrons. The lowest BCUT2D eigenvalue weighted by atomic mass is 10.1. The highest BCUT2D eigenvalue weighted by Gasteiger charge is 2.38. The summed E-state index contributed by atoms with van der Waals surface area (Å²) < 4.78 is 38.9. The number of rotatable bonds is 4. The molecule has 2 aliphatic rings. The molecule has 1 N–H and O–H groups in total. The predicted octanol–water partition coefficient (Wildman–Crippen LogP) is 2.74. The molecule has 2 aliphatic heterocycles. The SMILES string of the molecule is O=C1CC(C(=O)N2CCN(C(=O)c3ccccc3O)CC2)CN1Cc1cccc(C(F)(F)F)c1. The number of hydrogen-bond donors (Lipinski definition) is 1. The van der Waals surface area contributed by atoms with Crippen molar-refractivity contribution in [2.24, 2.45) is 5.92 Å². The van der Waals surface area contributed by atoms with E-state index >= 15 is 0 Å². The van der Waals surface area contributed by atoms with Crippen LogP contribution in [-0.2, 0) is 22.3 Å². The molecule has 10 heteroatoms. The molecule has 2 aromatic carbocycles. The maximum atomic E-state index is 13.0. The van der Waals surface area contributed by atoms with Gasteiger partial charge in [0, 0.05) is 45.7 Å². The second-order valence-electron chi connectivity index (χ2n) is 8.51. The number of alkyl halides is 3. The second-order valence-corrected chi connectivity index (χ2v) is 8.51. The minimum Gasteiger partial charge on any atom is -0.507 e. The monoisotopic (exact) mass is 475 g/mol. The molecule has 2 aromatic rings. The first kappa shape index (κ1) is 23.6. The third-order valence-corrected chi connectivity index (χ3v) is 6.20. The van der Waals surface area contributed by atoms with Gasteiger partial charge in [-0.2, -0.15) is 13.2 Å². The molecule has 0 aromatic heterocycles. The van der Waals surface area contributed by atoms with Crippen LogP contribution in [0.4, 0.5) is 13.2 Å². The highest BCUT2D eigenvalue weighted by atomic mass is 19.4. The Hall–Kier alpha value is -3.56. The van der Waals surface area contributed by atoms with Gasteiger partial charge in [-0.05, 0) is 29.8 Å². The highest BCUT2D eigenvalue weighted by molar-refractivity contribution is 5.97. The largest absolute Gasteiger partial charge is 0.507 e. The summed E-state index contributed by atoms with van der Waals surface area (Å²) in [5.74, 6) is -1.46. The van der Waals surface area contributed by atoms with E-state index in [1.165, 1.54) is 23.1 Å². The Morgan fingerprint density at radius 2 is 1.65 bits per heavy atom. The van der Waals surface area contributed by atoms with E-state index in [1.54, 1.807) is 28.0 Å². The van der Waals surface area contributed by atoms with Crippen LogP contribution in [-0.4, -0.2) is 70.3 Å². The second kappa shape index (κ2) is 9.36. The fraction of sp³-hybridized carbons (Fsp3) is 0.375. The van der Waals surface area contributed by atoms with E-state index in [-0.39, 0.29) is 48.5 Å². The molecule has 34 heavy (non-hydrogen) atoms. The van der Waals surface area contributed by atoms with Crippen LogP contribution in [0.25, 0.3) is 0 Å². The topological polar surface area (TPSA) is 81.2 Å². The van der Waals surface area contributed by atoms with Gasteiger partial charge in [0.2, 0.25) is 11.8 Å². The van der Waals surface area contributed by atoms with Crippen molar-refractivity contribution in [3.8, 4) is 5.75 Å². The van der Waals surface area contributed by atoms with E-state index in [9.17, 15) is 32.7 Å². The van der Waals surface area contributed by atoms with Crippen molar-refractivity contribution in [1.82, 2.24) is 14.7 Å². The van der Waals surface area contributed by atoms with Crippen LogP contribution in [0.5, 0.6) is 5.75 Å². The molecular weight excluding hydrogens is 451 g/mol. The quantitative estimate of drug-likeness (QED) is 0.738. The normalized spacial score (nSPS) is 19.0. The number of phenolic OH excluding ortho intramolecular Hbond substituents is 1. The van der Waals surface area contributed by atoms with Crippen LogP contribution in [0.3, 0.4) is 0 Å². The van der Waals surface area contributed by atoms with E-state index in [1.807, 2.05) is 0 Å². The third-order valence-electron chi connectivity index (χ3n) is 6.20. The number of likely N-dealkylation sites (tertiary alicyclic amines) is 1. The first-order valence-electron chi connectivity index (χ1n) is 10.9. The van der Waals surface area contributed by atoms with Crippen LogP contribution >= 0.6 is 0 Å². The number of benzene rings is 2. The lowest BCUT2D eigenvalue weighted by Gasteiger charge is -2.36. The first-order valence-corrected chi connectivity index (χ1v) is 10.9. The van der Waals surface area contributed by atoms with E-state index in [4.69, 9.17) is 0 Å². The fourth-order valence-corrected chi connectivity index (χ4v) is 4.37. The zero-order valence-electron chi connectivity index (χ0n) is 18.3. The van der Waals surface area contributed by atoms with Crippen molar-refractivity contribution < 1.29 is 32.7 Å². The Labute approximate surface area is 194 Å². The molecule has 3 amide bonds. The standard InChI is InChI=1S/C24H24F3N3O4/c25-24(26,27)18-5-3-4-16(12-18)14-30-15-17(13-21(30)32)22(33)28-8-10-29(11-9-28)23(34)19-6-1-2-7-20(19)31/h1-7,12,17,31H,8-11,13-15H2. The Morgan fingerprint density at radius 1 is 0.971 bits per heavy atom. The number of carbonyl (C=O) groups excluding carboxylic acids is 3. The van der Waals surface area contributed by atoms with Crippen LogP contribution in [0.15, 0.2) is 48.5 Å². The zero-order chi connectivity index (χ0) is 24.5. The van der Waals surface area contributed by atoms with Crippen LogP contribution in [0.2, 0.25) is 0 Å². The summed E-state index contributed by atoms with van der Waals surface area (Å²) in [7, 11) is 0. The number of aromatic hydroxyl groups is 1. The van der Waals surface area contributed by atoms with Crippen molar-refractivity contribution >= 4 is 17.7 Å². The number of piperazine rings is 1. The van der Waals surface area contributed by atoms with Gasteiger partial charge in [0.05, 0.1) is 17.0 Å². The lowest BCUT2D eigenvalue weighted by Crippen LogP contribution is -2.52. The minimum absolute atomic E-state index is 0.00876. The van der Waals surface area contributed by atoms with Crippen molar-refractivity contribution in [1.29, 1.82) is 0 Å². The van der Waals surface area contributed by atoms with Gasteiger partial charge in [-0.1, -0.05) is 24.3 Å². The van der Waals surface area contributed by atoms with E-state index in [0.29, 0.717) is 31.7 Å². The van der Waals surface area contributed by atoms with Gasteiger partial charge in [-0.25, -0.2) is 0 Å². The highest BCUT2D eigenvalue weighted by Crippen LogP contribution is 2.30. The average Bonchev–Trinajstić information content (AvgIpc) is 3.18. The summed E-state index contributed by atoms with van der Waals surface area (Å²) in [5.41, 5.74) is -0.220. The van der Waals surface area contributed by atoms with E-state index in [0.717, 1.165) is 12.1 Å². The smallest absolute Gasteiger partial charge is 0.416 e. The van der Waals surface area contributed by atoms with Crippen molar-refractivity contribution in [2.75, 3.05) is 32.7 Å². The Bertz CT molecular complexity index is 1100. The molecule has 4 rings (SSSR count). The van der Waals surface area contributed by atoms with Gasteiger partial charge in [0.1, 0.15) is 5.75 Å². The van der Waals surface area contributed by atoms with Gasteiger partial charge >= 0.3 is 6.18 Å². The van der Waals surface area contributed by atoms with Gasteiger partial charge in [-0.15, -0.1) is 0 Å². The van der Waals surface area contributed by atoms with Crippen LogP contribution < -0.4 is 0 Å². The van der Waals surface area contributed by atoms with E-state index < -0.39 is 17.7 Å². The molecule has 1 unspecified atom stereocenters. The molecule has 0 spiro atoms. The van der Waals surface area contributed by atoms with Crippen LogP contribution in [0.1, 0.15) is 27.9 Å². The Morgan fingerprint density at radius 3 is 2.32 bits per heavy atom. The molecule has 0 aliphatic carbocycles. The summed E-state index contributed by atoms with van der Waals surface area (Å²) >= 11 is 0. The number of halogens is 3. The molecule has 1 atom stereocenters. The van der Waals surface area contributed by atoms with Gasteiger partial charge in [0.15, 0.2) is 0 Å². The summed E-state index contributed by atoms with van der Waals surface area (Å²) in [4.78, 5) is 42.7. The molecule has 2 fully saturated rings. The number of nitrogens with zero attached hydrogens (tertiary/aromatic N) is 3. The summed E-state index contributed by atoms with van der Waals surface area (Å²) in [5, 5.41) is 9.90. The van der Waals surface area contributed by atoms with E-state index in [2.05, 4.69) is 0 Å². The number of phenols is 1. The van der Waals surface area contributed by atoms with Gasteiger partial charge in [0.25, 0.3) is 5.91 Å². The number of para-hydroxylation sites is 1. The first-order chi connectivity index (χ1) is 16.1. The maximum absolute atomic E-state index is 13.0. The Balaban J connectivity index is 1.33. The van der Waals surface area contributed by atoms with Crippen molar-refractivity contribution in [3.63, 3.8) is 0 Å². The average molecular weight is 475 g/mol. The molecule has 0 saturated carbocycles. The molecule has 0 bridgehead atoms. The third kappa shape index (κ3) is 5.00. The van der Waals surface area contributed by atoms with Gasteiger partial charge in [-0.3, -0.25) is 14.4 Å². The number of carbonyl (C=O) groups is 3. The fourth-order valence-electron chi connectivity index (χ4n) is 4.37. The molecule has 7 nitrogen and oxygen atoms in total. The van der Waals surface area contributed by atoms with Crippen molar-refractivity contribution in [2.45, 2.75) is 19.1 Å². The van der Waals surface area contributed by atoms with Gasteiger partial charge < -0.3 is 19.8 Å².